The SMILES string of the molecule is CCC(C)C1CCCC(C)(C(C)(C)C)CC1. The third-order valence-corrected chi connectivity index (χ3v) is 5.63. The zero-order valence-electron chi connectivity index (χ0n) is 12.4. The second kappa shape index (κ2) is 5.10. The van der Waals surface area contributed by atoms with Crippen LogP contribution < -0.4 is 0 Å². The van der Waals surface area contributed by atoms with Crippen LogP contribution in [0, 0.1) is 22.7 Å². The first-order valence-corrected chi connectivity index (χ1v) is 7.30. The van der Waals surface area contributed by atoms with Crippen molar-refractivity contribution in [2.45, 2.75) is 80.1 Å². The average Bonchev–Trinajstić information content (AvgIpc) is 2.39. The average molecular weight is 224 g/mol. The molecule has 3 unspecified atom stereocenters. The molecule has 0 heteroatoms. The van der Waals surface area contributed by atoms with Crippen LogP contribution >= 0.6 is 0 Å². The molecule has 0 spiro atoms. The summed E-state index contributed by atoms with van der Waals surface area (Å²) in [5.41, 5.74) is 1.03. The van der Waals surface area contributed by atoms with Crippen LogP contribution in [0.15, 0.2) is 0 Å². The Labute approximate surface area is 103 Å². The van der Waals surface area contributed by atoms with E-state index in [1.54, 1.807) is 0 Å². The molecule has 96 valence electrons. The van der Waals surface area contributed by atoms with Gasteiger partial charge in [-0.2, -0.15) is 0 Å². The summed E-state index contributed by atoms with van der Waals surface area (Å²) in [6.45, 7) is 14.6. The first-order chi connectivity index (χ1) is 7.30. The summed E-state index contributed by atoms with van der Waals surface area (Å²) in [7, 11) is 0. The summed E-state index contributed by atoms with van der Waals surface area (Å²) in [5.74, 6) is 1.93. The maximum absolute atomic E-state index is 2.52. The van der Waals surface area contributed by atoms with Crippen molar-refractivity contribution in [2.75, 3.05) is 0 Å². The van der Waals surface area contributed by atoms with E-state index in [0.29, 0.717) is 10.8 Å². The van der Waals surface area contributed by atoms with Crippen LogP contribution in [-0.4, -0.2) is 0 Å². The molecule has 1 saturated carbocycles. The number of hydrogen-bond acceptors (Lipinski definition) is 0. The van der Waals surface area contributed by atoms with Gasteiger partial charge in [0.2, 0.25) is 0 Å². The minimum absolute atomic E-state index is 0.470. The molecule has 3 atom stereocenters. The molecule has 0 nitrogen and oxygen atoms in total. The summed E-state index contributed by atoms with van der Waals surface area (Å²) in [6, 6.07) is 0. The van der Waals surface area contributed by atoms with E-state index in [0.717, 1.165) is 11.8 Å². The molecule has 0 aliphatic heterocycles. The van der Waals surface area contributed by atoms with E-state index in [2.05, 4.69) is 41.5 Å². The maximum atomic E-state index is 2.52. The van der Waals surface area contributed by atoms with Gasteiger partial charge in [0.05, 0.1) is 0 Å². The van der Waals surface area contributed by atoms with E-state index < -0.39 is 0 Å². The van der Waals surface area contributed by atoms with Gasteiger partial charge in [-0.3, -0.25) is 0 Å². The highest BCUT2D eigenvalue weighted by atomic mass is 14.4. The van der Waals surface area contributed by atoms with Gasteiger partial charge >= 0.3 is 0 Å². The lowest BCUT2D eigenvalue weighted by Gasteiger charge is -2.42. The van der Waals surface area contributed by atoms with Crippen molar-refractivity contribution in [3.05, 3.63) is 0 Å². The van der Waals surface area contributed by atoms with Crippen molar-refractivity contribution in [1.29, 1.82) is 0 Å². The molecule has 0 radical (unpaired) electrons. The molecule has 0 aromatic rings. The Morgan fingerprint density at radius 2 is 1.81 bits per heavy atom. The molecule has 1 rings (SSSR count). The van der Waals surface area contributed by atoms with Crippen LogP contribution in [0.3, 0.4) is 0 Å². The van der Waals surface area contributed by atoms with Crippen LogP contribution in [0.25, 0.3) is 0 Å². The van der Waals surface area contributed by atoms with Crippen molar-refractivity contribution < 1.29 is 0 Å². The summed E-state index contributed by atoms with van der Waals surface area (Å²) >= 11 is 0. The van der Waals surface area contributed by atoms with Gasteiger partial charge in [0.1, 0.15) is 0 Å². The van der Waals surface area contributed by atoms with Crippen LogP contribution in [0.1, 0.15) is 80.1 Å². The quantitative estimate of drug-likeness (QED) is 0.530. The lowest BCUT2D eigenvalue weighted by Crippen LogP contribution is -2.32. The minimum Gasteiger partial charge on any atom is -0.0651 e. The summed E-state index contributed by atoms with van der Waals surface area (Å²) in [4.78, 5) is 0. The molecule has 1 aliphatic rings. The lowest BCUT2D eigenvalue weighted by molar-refractivity contribution is 0.0851. The van der Waals surface area contributed by atoms with Crippen LogP contribution in [-0.2, 0) is 0 Å². The Morgan fingerprint density at radius 3 is 2.31 bits per heavy atom. The largest absolute Gasteiger partial charge is 0.0651 e. The Balaban J connectivity index is 2.65. The Kier molecular flexibility index (Phi) is 4.49. The van der Waals surface area contributed by atoms with E-state index in [1.807, 2.05) is 0 Å². The van der Waals surface area contributed by atoms with Crippen molar-refractivity contribution >= 4 is 0 Å². The predicted molar refractivity (Wildman–Crippen MR) is 73.6 cm³/mol. The molecule has 1 aliphatic carbocycles. The normalized spacial score (nSPS) is 34.5. The summed E-state index contributed by atoms with van der Waals surface area (Å²) in [6.07, 6.45) is 8.61. The standard InChI is InChI=1S/C16H32/c1-7-13(2)14-9-8-11-16(6,12-10-14)15(3,4)5/h13-14H,7-12H2,1-6H3. The number of hydrogen-bond donors (Lipinski definition) is 0. The van der Waals surface area contributed by atoms with Gasteiger partial charge in [0, 0.05) is 0 Å². The van der Waals surface area contributed by atoms with Gasteiger partial charge in [-0.05, 0) is 41.9 Å². The zero-order chi connectivity index (χ0) is 12.4. The second-order valence-corrected chi connectivity index (χ2v) is 7.39. The summed E-state index contributed by atoms with van der Waals surface area (Å²) < 4.78 is 0. The van der Waals surface area contributed by atoms with Crippen LogP contribution in [0.4, 0.5) is 0 Å². The van der Waals surface area contributed by atoms with Gasteiger partial charge in [0.25, 0.3) is 0 Å². The molecule has 1 fully saturated rings. The molecule has 0 saturated heterocycles. The zero-order valence-corrected chi connectivity index (χ0v) is 12.4. The van der Waals surface area contributed by atoms with Crippen molar-refractivity contribution in [2.24, 2.45) is 22.7 Å². The summed E-state index contributed by atoms with van der Waals surface area (Å²) in [5, 5.41) is 0. The second-order valence-electron chi connectivity index (χ2n) is 7.39. The van der Waals surface area contributed by atoms with E-state index in [4.69, 9.17) is 0 Å². The number of rotatable bonds is 2. The molecule has 0 amide bonds. The predicted octanol–water partition coefficient (Wildman–Crippen LogP) is 5.67. The van der Waals surface area contributed by atoms with Gasteiger partial charge in [-0.25, -0.2) is 0 Å². The third kappa shape index (κ3) is 3.02. The van der Waals surface area contributed by atoms with Crippen molar-refractivity contribution in [1.82, 2.24) is 0 Å². The Morgan fingerprint density at radius 1 is 1.19 bits per heavy atom. The molecule has 0 aromatic heterocycles. The topological polar surface area (TPSA) is 0 Å². The highest BCUT2D eigenvalue weighted by Crippen LogP contribution is 2.49. The molecule has 0 bridgehead atoms. The first kappa shape index (κ1) is 14.1. The van der Waals surface area contributed by atoms with Gasteiger partial charge in [0.15, 0.2) is 0 Å². The van der Waals surface area contributed by atoms with E-state index in [1.165, 1.54) is 38.5 Å². The Hall–Kier alpha value is 0. The van der Waals surface area contributed by atoms with E-state index in [9.17, 15) is 0 Å². The minimum atomic E-state index is 0.470. The fraction of sp³-hybridized carbons (Fsp3) is 1.00. The fourth-order valence-corrected chi connectivity index (χ4v) is 3.18. The van der Waals surface area contributed by atoms with E-state index >= 15 is 0 Å². The van der Waals surface area contributed by atoms with Crippen molar-refractivity contribution in [3.8, 4) is 0 Å². The highest BCUT2D eigenvalue weighted by molar-refractivity contribution is 4.89. The maximum Gasteiger partial charge on any atom is -0.0277 e. The van der Waals surface area contributed by atoms with Gasteiger partial charge in [-0.15, -0.1) is 0 Å². The van der Waals surface area contributed by atoms with E-state index in [-0.39, 0.29) is 0 Å². The fourth-order valence-electron chi connectivity index (χ4n) is 3.18. The molecule has 0 heterocycles. The first-order valence-electron chi connectivity index (χ1n) is 7.30. The highest BCUT2D eigenvalue weighted by Gasteiger charge is 2.39. The van der Waals surface area contributed by atoms with Crippen LogP contribution in [0.5, 0.6) is 0 Å². The monoisotopic (exact) mass is 224 g/mol. The smallest absolute Gasteiger partial charge is 0.0277 e. The van der Waals surface area contributed by atoms with Gasteiger partial charge < -0.3 is 0 Å². The molecular weight excluding hydrogens is 192 g/mol. The van der Waals surface area contributed by atoms with Gasteiger partial charge in [-0.1, -0.05) is 60.8 Å². The van der Waals surface area contributed by atoms with Crippen LogP contribution in [0.2, 0.25) is 0 Å². The molecule has 0 aromatic carbocycles. The Bertz CT molecular complexity index is 211. The van der Waals surface area contributed by atoms with Crippen molar-refractivity contribution in [3.63, 3.8) is 0 Å². The molecule has 0 N–H and O–H groups in total. The molecular formula is C16H32. The lowest BCUT2D eigenvalue weighted by atomic mass is 9.63. The molecule has 16 heavy (non-hydrogen) atoms. The third-order valence-electron chi connectivity index (χ3n) is 5.63.